The highest BCUT2D eigenvalue weighted by molar-refractivity contribution is 5.89. The second-order valence-corrected chi connectivity index (χ2v) is 10.6. The summed E-state index contributed by atoms with van der Waals surface area (Å²) in [5.41, 5.74) is 2.34. The van der Waals surface area contributed by atoms with Gasteiger partial charge >= 0.3 is 11.9 Å². The molecule has 0 bridgehead atoms. The molecular weight excluding hydrogens is 422 g/mol. The van der Waals surface area contributed by atoms with Gasteiger partial charge < -0.3 is 19.5 Å². The molecule has 0 saturated carbocycles. The Morgan fingerprint density at radius 2 is 1.85 bits per heavy atom. The number of hydrogen-bond donors (Lipinski definition) is 1. The molecule has 0 amide bonds. The molecule has 2 aromatic heterocycles. The molecule has 1 aliphatic rings. The van der Waals surface area contributed by atoms with E-state index in [2.05, 4.69) is 23.7 Å². The number of aryl methyl sites for hydroxylation is 2. The van der Waals surface area contributed by atoms with E-state index in [1.807, 2.05) is 45.1 Å². The van der Waals surface area contributed by atoms with E-state index in [0.29, 0.717) is 23.3 Å². The molecular formula is C25H37N3O5. The van der Waals surface area contributed by atoms with E-state index in [1.165, 1.54) is 7.11 Å². The summed E-state index contributed by atoms with van der Waals surface area (Å²) in [7, 11) is 1.36. The number of pyridine rings is 1. The third-order valence-corrected chi connectivity index (χ3v) is 6.32. The maximum Gasteiger partial charge on any atom is 0.356 e. The van der Waals surface area contributed by atoms with E-state index < -0.39 is 23.6 Å². The number of nitrogens with zero attached hydrogens (tertiary/aromatic N) is 3. The minimum absolute atomic E-state index is 0.0407. The summed E-state index contributed by atoms with van der Waals surface area (Å²) in [6, 6.07) is 1.83. The van der Waals surface area contributed by atoms with Crippen LogP contribution in [0, 0.1) is 12.3 Å². The van der Waals surface area contributed by atoms with Crippen molar-refractivity contribution in [2.45, 2.75) is 79.4 Å². The quantitative estimate of drug-likeness (QED) is 0.633. The molecule has 1 saturated heterocycles. The lowest BCUT2D eigenvalue weighted by atomic mass is 9.82. The van der Waals surface area contributed by atoms with Crippen LogP contribution in [0.15, 0.2) is 6.07 Å². The third kappa shape index (κ3) is 5.00. The number of rotatable bonds is 6. The van der Waals surface area contributed by atoms with Gasteiger partial charge in [-0.25, -0.2) is 14.6 Å². The Bertz CT molecular complexity index is 1050. The van der Waals surface area contributed by atoms with Crippen LogP contribution in [0.25, 0.3) is 5.65 Å². The number of aromatic nitrogens is 2. The van der Waals surface area contributed by atoms with Crippen LogP contribution in [-0.2, 0) is 20.7 Å². The zero-order valence-electron chi connectivity index (χ0n) is 21.1. The van der Waals surface area contributed by atoms with Gasteiger partial charge in [-0.1, -0.05) is 20.8 Å². The zero-order chi connectivity index (χ0) is 24.7. The van der Waals surface area contributed by atoms with Crippen molar-refractivity contribution in [2.75, 3.05) is 25.1 Å². The minimum atomic E-state index is -1.06. The summed E-state index contributed by atoms with van der Waals surface area (Å²) in [5, 5.41) is 9.81. The molecule has 0 spiro atoms. The number of carbonyl (C=O) groups excluding carboxylic acids is 1. The van der Waals surface area contributed by atoms with Crippen molar-refractivity contribution in [1.29, 1.82) is 0 Å². The average Bonchev–Trinajstić information content (AvgIpc) is 3.08. The van der Waals surface area contributed by atoms with Gasteiger partial charge in [0, 0.05) is 18.7 Å². The number of piperidine rings is 1. The number of esters is 1. The molecule has 1 unspecified atom stereocenters. The molecule has 8 heteroatoms. The third-order valence-electron chi connectivity index (χ3n) is 6.32. The van der Waals surface area contributed by atoms with E-state index in [1.54, 1.807) is 0 Å². The molecule has 0 radical (unpaired) electrons. The molecule has 1 N–H and O–H groups in total. The van der Waals surface area contributed by atoms with Crippen LogP contribution in [0.4, 0.5) is 5.82 Å². The fourth-order valence-electron chi connectivity index (χ4n) is 4.52. The molecule has 3 rings (SSSR count). The highest BCUT2D eigenvalue weighted by atomic mass is 16.6. The van der Waals surface area contributed by atoms with Crippen LogP contribution >= 0.6 is 0 Å². The lowest BCUT2D eigenvalue weighted by Gasteiger charge is -2.40. The summed E-state index contributed by atoms with van der Waals surface area (Å²) in [5.74, 6) is -0.768. The summed E-state index contributed by atoms with van der Waals surface area (Å²) in [6.07, 6.45) is 1.49. The Kier molecular flexibility index (Phi) is 6.80. The summed E-state index contributed by atoms with van der Waals surface area (Å²) < 4.78 is 13.3. The smallest absolute Gasteiger partial charge is 0.356 e. The van der Waals surface area contributed by atoms with Gasteiger partial charge in [-0.05, 0) is 64.0 Å². The molecule has 0 aliphatic carbocycles. The first-order valence-corrected chi connectivity index (χ1v) is 11.6. The zero-order valence-corrected chi connectivity index (χ0v) is 21.1. The predicted molar refractivity (Wildman–Crippen MR) is 127 cm³/mol. The predicted octanol–water partition coefficient (Wildman–Crippen LogP) is 4.56. The van der Waals surface area contributed by atoms with Crippen LogP contribution in [0.5, 0.6) is 0 Å². The first kappa shape index (κ1) is 25.0. The Hall–Kier alpha value is -2.61. The van der Waals surface area contributed by atoms with Crippen molar-refractivity contribution in [3.05, 3.63) is 28.6 Å². The van der Waals surface area contributed by atoms with Crippen LogP contribution in [0.2, 0.25) is 0 Å². The molecule has 2 aromatic rings. The van der Waals surface area contributed by atoms with Crippen LogP contribution in [-0.4, -0.2) is 52.2 Å². The number of hydrogen-bond acceptors (Lipinski definition) is 6. The maximum absolute atomic E-state index is 13.0. The average molecular weight is 460 g/mol. The molecule has 8 nitrogen and oxygen atoms in total. The minimum Gasteiger partial charge on any atom is -0.476 e. The van der Waals surface area contributed by atoms with Crippen LogP contribution in [0.1, 0.15) is 87.8 Å². The number of ether oxygens (including phenoxy) is 2. The largest absolute Gasteiger partial charge is 0.476 e. The molecule has 1 fully saturated rings. The summed E-state index contributed by atoms with van der Waals surface area (Å²) >= 11 is 0. The number of carboxylic acid groups (broad SMARTS) is 1. The Morgan fingerprint density at radius 3 is 2.33 bits per heavy atom. The second-order valence-electron chi connectivity index (χ2n) is 10.6. The molecule has 1 atom stereocenters. The molecule has 182 valence electrons. The highest BCUT2D eigenvalue weighted by Crippen LogP contribution is 2.40. The van der Waals surface area contributed by atoms with Gasteiger partial charge in [0.15, 0.2) is 11.8 Å². The number of anilines is 1. The van der Waals surface area contributed by atoms with E-state index in [9.17, 15) is 14.7 Å². The van der Waals surface area contributed by atoms with Crippen molar-refractivity contribution in [2.24, 2.45) is 5.41 Å². The first-order chi connectivity index (χ1) is 15.3. The molecule has 3 heterocycles. The van der Waals surface area contributed by atoms with Crippen molar-refractivity contribution < 1.29 is 24.2 Å². The second kappa shape index (κ2) is 8.97. The Labute approximate surface area is 195 Å². The lowest BCUT2D eigenvalue weighted by molar-refractivity contribution is -0.164. The standard InChI is InChI=1S/C25H37N3O5/c1-9-16-19(22(29)30)26-17-14-15(2)18(20(23(31)32-8)33-24(3,4)5)21(28(16)17)27-12-10-25(6,7)11-13-27/h14,20H,9-13H2,1-8H3,(H,29,30). The van der Waals surface area contributed by atoms with Crippen molar-refractivity contribution in [3.8, 4) is 0 Å². The molecule has 33 heavy (non-hydrogen) atoms. The van der Waals surface area contributed by atoms with Gasteiger partial charge in [0.05, 0.1) is 18.4 Å². The Morgan fingerprint density at radius 1 is 1.24 bits per heavy atom. The topological polar surface area (TPSA) is 93.4 Å². The van der Waals surface area contributed by atoms with Crippen molar-refractivity contribution >= 4 is 23.4 Å². The number of fused-ring (bicyclic) bond motifs is 1. The van der Waals surface area contributed by atoms with E-state index in [0.717, 1.165) is 37.3 Å². The van der Waals surface area contributed by atoms with Gasteiger partial charge in [0.25, 0.3) is 0 Å². The SMILES string of the molecule is CCc1c(C(=O)O)nc2cc(C)c(C(OC(C)(C)C)C(=O)OC)c(N3CCC(C)(C)CC3)n12. The normalized spacial score (nSPS) is 17.3. The summed E-state index contributed by atoms with van der Waals surface area (Å²) in [6.45, 7) is 15.6. The van der Waals surface area contributed by atoms with Crippen LogP contribution < -0.4 is 4.90 Å². The number of methoxy groups -OCH3 is 1. The molecule has 0 aromatic carbocycles. The van der Waals surface area contributed by atoms with E-state index in [-0.39, 0.29) is 11.1 Å². The van der Waals surface area contributed by atoms with Gasteiger partial charge in [0.2, 0.25) is 0 Å². The van der Waals surface area contributed by atoms with E-state index >= 15 is 0 Å². The van der Waals surface area contributed by atoms with Crippen LogP contribution in [0.3, 0.4) is 0 Å². The van der Waals surface area contributed by atoms with Gasteiger partial charge in [0.1, 0.15) is 11.5 Å². The van der Waals surface area contributed by atoms with Crippen molar-refractivity contribution in [1.82, 2.24) is 9.38 Å². The van der Waals surface area contributed by atoms with Gasteiger partial charge in [-0.3, -0.25) is 4.40 Å². The number of aromatic carboxylic acids is 1. The number of carbonyl (C=O) groups is 2. The fourth-order valence-corrected chi connectivity index (χ4v) is 4.52. The van der Waals surface area contributed by atoms with E-state index in [4.69, 9.17) is 9.47 Å². The number of carboxylic acids is 1. The first-order valence-electron chi connectivity index (χ1n) is 11.6. The summed E-state index contributed by atoms with van der Waals surface area (Å²) in [4.78, 5) is 31.7. The Balaban J connectivity index is 2.37. The lowest BCUT2D eigenvalue weighted by Crippen LogP contribution is -2.40. The van der Waals surface area contributed by atoms with Gasteiger partial charge in [-0.15, -0.1) is 0 Å². The fraction of sp³-hybridized carbons (Fsp3) is 0.640. The number of imidazole rings is 1. The highest BCUT2D eigenvalue weighted by Gasteiger charge is 2.37. The van der Waals surface area contributed by atoms with Gasteiger partial charge in [-0.2, -0.15) is 0 Å². The maximum atomic E-state index is 13.0. The molecule has 1 aliphatic heterocycles. The van der Waals surface area contributed by atoms with Crippen molar-refractivity contribution in [3.63, 3.8) is 0 Å². The monoisotopic (exact) mass is 459 g/mol.